The van der Waals surface area contributed by atoms with Crippen LogP contribution >= 0.6 is 22.9 Å². The molecule has 0 aliphatic rings. The molecule has 6 heteroatoms. The molecule has 0 fully saturated rings. The van der Waals surface area contributed by atoms with E-state index in [0.29, 0.717) is 24.3 Å². The van der Waals surface area contributed by atoms with Gasteiger partial charge in [0.25, 0.3) is 5.89 Å². The minimum atomic E-state index is 0.358. The second-order valence-corrected chi connectivity index (χ2v) is 6.87. The van der Waals surface area contributed by atoms with Crippen molar-refractivity contribution in [3.05, 3.63) is 57.5 Å². The smallest absolute Gasteiger partial charge is 0.258 e. The maximum atomic E-state index is 6.07. The molecule has 0 aliphatic carbocycles. The highest BCUT2D eigenvalue weighted by molar-refractivity contribution is 7.08. The Morgan fingerprint density at radius 2 is 2.13 bits per heavy atom. The highest BCUT2D eigenvalue weighted by Crippen LogP contribution is 2.21. The molecule has 0 saturated carbocycles. The van der Waals surface area contributed by atoms with E-state index in [-0.39, 0.29) is 0 Å². The number of nitrogens with zero attached hydrogens (tertiary/aromatic N) is 3. The van der Waals surface area contributed by atoms with Crippen LogP contribution in [0.25, 0.3) is 11.5 Å². The highest BCUT2D eigenvalue weighted by Gasteiger charge is 2.16. The third-order valence-corrected chi connectivity index (χ3v) is 4.50. The van der Waals surface area contributed by atoms with Gasteiger partial charge in [-0.05, 0) is 43.0 Å². The van der Waals surface area contributed by atoms with Crippen molar-refractivity contribution in [2.24, 2.45) is 0 Å². The van der Waals surface area contributed by atoms with Gasteiger partial charge in [0.1, 0.15) is 0 Å². The fourth-order valence-electron chi connectivity index (χ4n) is 2.29. The van der Waals surface area contributed by atoms with Gasteiger partial charge in [0.15, 0.2) is 5.82 Å². The Kier molecular flexibility index (Phi) is 5.10. The third kappa shape index (κ3) is 4.19. The lowest BCUT2D eigenvalue weighted by molar-refractivity contribution is 0.196. The fraction of sp³-hybridized carbons (Fsp3) is 0.294. The Bertz CT molecular complexity index is 755. The van der Waals surface area contributed by atoms with E-state index in [1.165, 1.54) is 5.56 Å². The summed E-state index contributed by atoms with van der Waals surface area (Å²) in [6, 6.07) is 10.3. The lowest BCUT2D eigenvalue weighted by atomic mass is 10.2. The van der Waals surface area contributed by atoms with E-state index in [2.05, 4.69) is 35.0 Å². The van der Waals surface area contributed by atoms with Gasteiger partial charge < -0.3 is 4.52 Å². The van der Waals surface area contributed by atoms with Gasteiger partial charge in [0.05, 0.1) is 12.1 Å². The summed E-state index contributed by atoms with van der Waals surface area (Å²) in [5.41, 5.74) is 2.15. The molecule has 3 rings (SSSR count). The van der Waals surface area contributed by atoms with Gasteiger partial charge >= 0.3 is 0 Å². The van der Waals surface area contributed by atoms with Crippen molar-refractivity contribution in [1.29, 1.82) is 0 Å². The molecule has 0 amide bonds. The fourth-order valence-corrected chi connectivity index (χ4v) is 3.14. The summed E-state index contributed by atoms with van der Waals surface area (Å²) in [6.45, 7) is 5.74. The van der Waals surface area contributed by atoms with E-state index in [0.717, 1.165) is 17.1 Å². The van der Waals surface area contributed by atoms with Gasteiger partial charge in [-0.2, -0.15) is 16.3 Å². The molecule has 3 aromatic rings. The van der Waals surface area contributed by atoms with Crippen molar-refractivity contribution in [2.45, 2.75) is 33.0 Å². The Balaban J connectivity index is 1.72. The SMILES string of the molecule is CC(C)N(Cc1cccc(Cl)c1)Cc1noc(-c2ccsc2)n1. The number of hydrogen-bond acceptors (Lipinski definition) is 5. The average Bonchev–Trinajstić information content (AvgIpc) is 3.17. The molecule has 0 aliphatic heterocycles. The molecule has 23 heavy (non-hydrogen) atoms. The van der Waals surface area contributed by atoms with Gasteiger partial charge in [0, 0.05) is 23.0 Å². The minimum Gasteiger partial charge on any atom is -0.334 e. The van der Waals surface area contributed by atoms with Crippen LogP contribution < -0.4 is 0 Å². The second-order valence-electron chi connectivity index (χ2n) is 5.66. The van der Waals surface area contributed by atoms with E-state index in [1.807, 2.05) is 35.0 Å². The van der Waals surface area contributed by atoms with Crippen LogP contribution in [0.15, 0.2) is 45.6 Å². The first kappa shape index (κ1) is 16.2. The molecular weight excluding hydrogens is 330 g/mol. The lowest BCUT2D eigenvalue weighted by Gasteiger charge is -2.25. The molecule has 0 spiro atoms. The first-order valence-corrected chi connectivity index (χ1v) is 8.77. The van der Waals surface area contributed by atoms with Crippen molar-refractivity contribution in [2.75, 3.05) is 0 Å². The van der Waals surface area contributed by atoms with Crippen molar-refractivity contribution < 1.29 is 4.52 Å². The van der Waals surface area contributed by atoms with Crippen LogP contribution in [-0.4, -0.2) is 21.1 Å². The zero-order valence-electron chi connectivity index (χ0n) is 13.1. The average molecular weight is 348 g/mol. The molecule has 0 bridgehead atoms. The zero-order chi connectivity index (χ0) is 16.2. The molecule has 2 aromatic heterocycles. The van der Waals surface area contributed by atoms with Crippen LogP contribution in [0.5, 0.6) is 0 Å². The van der Waals surface area contributed by atoms with Crippen LogP contribution in [-0.2, 0) is 13.1 Å². The lowest BCUT2D eigenvalue weighted by Crippen LogP contribution is -2.30. The quantitative estimate of drug-likeness (QED) is 0.638. The normalized spacial score (nSPS) is 11.5. The Labute approximate surface area is 144 Å². The zero-order valence-corrected chi connectivity index (χ0v) is 14.6. The molecule has 0 radical (unpaired) electrons. The summed E-state index contributed by atoms with van der Waals surface area (Å²) in [7, 11) is 0. The number of thiophene rings is 1. The summed E-state index contributed by atoms with van der Waals surface area (Å²) in [5, 5.41) is 8.86. The molecular formula is C17H18ClN3OS. The molecule has 4 nitrogen and oxygen atoms in total. The summed E-state index contributed by atoms with van der Waals surface area (Å²) in [6.07, 6.45) is 0. The van der Waals surface area contributed by atoms with Gasteiger partial charge in [0.2, 0.25) is 0 Å². The van der Waals surface area contributed by atoms with Crippen molar-refractivity contribution in [1.82, 2.24) is 15.0 Å². The summed E-state index contributed by atoms with van der Waals surface area (Å²) < 4.78 is 5.36. The van der Waals surface area contributed by atoms with Crippen LogP contribution in [0, 0.1) is 0 Å². The number of aromatic nitrogens is 2. The molecule has 0 atom stereocenters. The summed E-state index contributed by atoms with van der Waals surface area (Å²) in [5.74, 6) is 1.27. The van der Waals surface area contributed by atoms with Crippen molar-refractivity contribution in [3.63, 3.8) is 0 Å². The van der Waals surface area contributed by atoms with Crippen molar-refractivity contribution >= 4 is 22.9 Å². The van der Waals surface area contributed by atoms with E-state index in [9.17, 15) is 0 Å². The third-order valence-electron chi connectivity index (χ3n) is 3.59. The van der Waals surface area contributed by atoms with Gasteiger partial charge in [-0.25, -0.2) is 0 Å². The number of hydrogen-bond donors (Lipinski definition) is 0. The molecule has 0 unspecified atom stereocenters. The molecule has 0 N–H and O–H groups in total. The second kappa shape index (κ2) is 7.25. The molecule has 120 valence electrons. The predicted octanol–water partition coefficient (Wildman–Crippen LogP) is 4.86. The van der Waals surface area contributed by atoms with E-state index in [1.54, 1.807) is 11.3 Å². The predicted molar refractivity (Wildman–Crippen MR) is 93.4 cm³/mol. The summed E-state index contributed by atoms with van der Waals surface area (Å²) in [4.78, 5) is 6.78. The van der Waals surface area contributed by atoms with Gasteiger partial charge in [-0.1, -0.05) is 28.9 Å². The van der Waals surface area contributed by atoms with Crippen LogP contribution in [0.4, 0.5) is 0 Å². The molecule has 2 heterocycles. The molecule has 1 aromatic carbocycles. The Morgan fingerprint density at radius 3 is 2.83 bits per heavy atom. The number of benzene rings is 1. The number of halogens is 1. The topological polar surface area (TPSA) is 42.2 Å². The maximum Gasteiger partial charge on any atom is 0.258 e. The standard InChI is InChI=1S/C17H18ClN3OS/c1-12(2)21(9-13-4-3-5-15(18)8-13)10-16-19-17(22-20-16)14-6-7-23-11-14/h3-8,11-12H,9-10H2,1-2H3. The van der Waals surface area contributed by atoms with E-state index in [4.69, 9.17) is 16.1 Å². The largest absolute Gasteiger partial charge is 0.334 e. The minimum absolute atomic E-state index is 0.358. The van der Waals surface area contributed by atoms with E-state index >= 15 is 0 Å². The van der Waals surface area contributed by atoms with Crippen LogP contribution in [0.1, 0.15) is 25.2 Å². The number of rotatable bonds is 6. The van der Waals surface area contributed by atoms with Crippen LogP contribution in [0.2, 0.25) is 5.02 Å². The highest BCUT2D eigenvalue weighted by atomic mass is 35.5. The van der Waals surface area contributed by atoms with Gasteiger partial charge in [-0.3, -0.25) is 4.90 Å². The van der Waals surface area contributed by atoms with Crippen LogP contribution in [0.3, 0.4) is 0 Å². The maximum absolute atomic E-state index is 6.07. The monoisotopic (exact) mass is 347 g/mol. The summed E-state index contributed by atoms with van der Waals surface area (Å²) >= 11 is 7.69. The molecule has 0 saturated heterocycles. The Morgan fingerprint density at radius 1 is 1.26 bits per heavy atom. The van der Waals surface area contributed by atoms with E-state index < -0.39 is 0 Å². The van der Waals surface area contributed by atoms with Crippen molar-refractivity contribution in [3.8, 4) is 11.5 Å². The van der Waals surface area contributed by atoms with Gasteiger partial charge in [-0.15, -0.1) is 0 Å². The first-order chi connectivity index (χ1) is 11.1. The Hall–Kier alpha value is -1.69. The first-order valence-electron chi connectivity index (χ1n) is 7.45.